The lowest BCUT2D eigenvalue weighted by Crippen LogP contribution is -2.18. The number of para-hydroxylation sites is 1. The Hall–Kier alpha value is -3.45. The molecular weight excluding hydrogens is 350 g/mol. The number of anilines is 2. The van der Waals surface area contributed by atoms with Gasteiger partial charge in [-0.15, -0.1) is 0 Å². The lowest BCUT2D eigenvalue weighted by molar-refractivity contribution is -0.384. The second-order valence-electron chi connectivity index (χ2n) is 5.32. The van der Waals surface area contributed by atoms with Crippen LogP contribution in [0.3, 0.4) is 0 Å². The van der Waals surface area contributed by atoms with Crippen LogP contribution in [0.5, 0.6) is 11.5 Å². The monoisotopic (exact) mass is 365 g/mol. The number of thiocarbonyl (C=S) groups is 1. The molecule has 0 aliphatic rings. The number of ether oxygens (including phenoxy) is 1. The van der Waals surface area contributed by atoms with Crippen molar-refractivity contribution in [1.29, 1.82) is 0 Å². The Kier molecular flexibility index (Phi) is 5.40. The molecule has 0 unspecified atom stereocenters. The molecule has 0 bridgehead atoms. The van der Waals surface area contributed by atoms with Crippen LogP contribution >= 0.6 is 12.2 Å². The topological polar surface area (TPSA) is 76.4 Å². The van der Waals surface area contributed by atoms with E-state index < -0.39 is 4.92 Å². The zero-order valence-electron chi connectivity index (χ0n) is 13.6. The van der Waals surface area contributed by atoms with Gasteiger partial charge in [0.15, 0.2) is 5.11 Å². The van der Waals surface area contributed by atoms with Crippen LogP contribution in [0.1, 0.15) is 0 Å². The fourth-order valence-corrected chi connectivity index (χ4v) is 2.43. The molecule has 6 nitrogen and oxygen atoms in total. The molecule has 0 saturated carbocycles. The van der Waals surface area contributed by atoms with E-state index in [9.17, 15) is 10.1 Å². The number of nitro benzene ring substituents is 1. The Morgan fingerprint density at radius 2 is 1.31 bits per heavy atom. The van der Waals surface area contributed by atoms with Gasteiger partial charge in [0.1, 0.15) is 11.5 Å². The first-order chi connectivity index (χ1) is 12.6. The first kappa shape index (κ1) is 17.4. The van der Waals surface area contributed by atoms with Gasteiger partial charge in [0.25, 0.3) is 5.69 Å². The molecule has 3 rings (SSSR count). The highest BCUT2D eigenvalue weighted by atomic mass is 32.1. The summed E-state index contributed by atoms with van der Waals surface area (Å²) in [5.74, 6) is 1.14. The van der Waals surface area contributed by atoms with E-state index in [1.54, 1.807) is 24.3 Å². The largest absolute Gasteiger partial charge is 0.457 e. The fraction of sp³-hybridized carbons (Fsp3) is 0. The van der Waals surface area contributed by atoms with Crippen LogP contribution in [-0.2, 0) is 0 Å². The first-order valence-electron chi connectivity index (χ1n) is 7.75. The van der Waals surface area contributed by atoms with Crippen LogP contribution in [0, 0.1) is 10.1 Å². The van der Waals surface area contributed by atoms with Crippen molar-refractivity contribution in [3.63, 3.8) is 0 Å². The quantitative estimate of drug-likeness (QED) is 0.368. The van der Waals surface area contributed by atoms with E-state index in [0.717, 1.165) is 11.4 Å². The highest BCUT2D eigenvalue weighted by Gasteiger charge is 2.05. The van der Waals surface area contributed by atoms with Crippen molar-refractivity contribution in [1.82, 2.24) is 0 Å². The molecule has 0 aromatic heterocycles. The summed E-state index contributed by atoms with van der Waals surface area (Å²) < 4.78 is 5.67. The summed E-state index contributed by atoms with van der Waals surface area (Å²) in [6.45, 7) is 0. The molecule has 0 spiro atoms. The van der Waals surface area contributed by atoms with Gasteiger partial charge in [-0.1, -0.05) is 18.2 Å². The number of benzene rings is 3. The third kappa shape index (κ3) is 4.78. The second-order valence-corrected chi connectivity index (χ2v) is 5.73. The van der Waals surface area contributed by atoms with Gasteiger partial charge in [-0.05, 0) is 60.7 Å². The summed E-state index contributed by atoms with van der Waals surface area (Å²) in [5, 5.41) is 17.3. The van der Waals surface area contributed by atoms with Crippen molar-refractivity contribution >= 4 is 34.4 Å². The van der Waals surface area contributed by atoms with E-state index in [0.29, 0.717) is 16.6 Å². The predicted molar refractivity (Wildman–Crippen MR) is 106 cm³/mol. The summed E-state index contributed by atoms with van der Waals surface area (Å²) >= 11 is 5.28. The average molecular weight is 365 g/mol. The molecule has 0 heterocycles. The van der Waals surface area contributed by atoms with Gasteiger partial charge >= 0.3 is 0 Å². The summed E-state index contributed by atoms with van der Waals surface area (Å²) in [7, 11) is 0. The van der Waals surface area contributed by atoms with Crippen LogP contribution in [0.2, 0.25) is 0 Å². The summed E-state index contributed by atoms with van der Waals surface area (Å²) in [4.78, 5) is 10.2. The zero-order valence-corrected chi connectivity index (χ0v) is 14.4. The Balaban J connectivity index is 1.57. The highest BCUT2D eigenvalue weighted by molar-refractivity contribution is 7.80. The van der Waals surface area contributed by atoms with E-state index >= 15 is 0 Å². The van der Waals surface area contributed by atoms with E-state index in [4.69, 9.17) is 17.0 Å². The average Bonchev–Trinajstić information content (AvgIpc) is 2.64. The van der Waals surface area contributed by atoms with Crippen LogP contribution in [0.15, 0.2) is 78.9 Å². The van der Waals surface area contributed by atoms with Crippen LogP contribution in [0.25, 0.3) is 0 Å². The molecule has 130 valence electrons. The molecule has 0 amide bonds. The van der Waals surface area contributed by atoms with E-state index in [1.165, 1.54) is 12.1 Å². The van der Waals surface area contributed by atoms with E-state index in [2.05, 4.69) is 10.6 Å². The Morgan fingerprint density at radius 3 is 1.85 bits per heavy atom. The van der Waals surface area contributed by atoms with Crippen molar-refractivity contribution in [2.45, 2.75) is 0 Å². The minimum absolute atomic E-state index is 0.0244. The van der Waals surface area contributed by atoms with Crippen molar-refractivity contribution in [3.05, 3.63) is 89.0 Å². The zero-order chi connectivity index (χ0) is 18.4. The maximum absolute atomic E-state index is 10.7. The molecule has 2 N–H and O–H groups in total. The van der Waals surface area contributed by atoms with E-state index in [1.807, 2.05) is 42.5 Å². The minimum Gasteiger partial charge on any atom is -0.457 e. The molecule has 7 heteroatoms. The molecule has 0 aliphatic carbocycles. The molecule has 0 atom stereocenters. The molecule has 3 aromatic rings. The van der Waals surface area contributed by atoms with Gasteiger partial charge in [-0.25, -0.2) is 0 Å². The number of hydrogen-bond donors (Lipinski definition) is 2. The molecule has 0 radical (unpaired) electrons. The number of nitrogens with zero attached hydrogens (tertiary/aromatic N) is 1. The normalized spacial score (nSPS) is 10.0. The summed E-state index contributed by atoms with van der Waals surface area (Å²) in [6, 6.07) is 22.8. The molecule has 0 aliphatic heterocycles. The van der Waals surface area contributed by atoms with Gasteiger partial charge < -0.3 is 15.4 Å². The van der Waals surface area contributed by atoms with Crippen molar-refractivity contribution in [2.75, 3.05) is 10.6 Å². The van der Waals surface area contributed by atoms with Crippen LogP contribution < -0.4 is 15.4 Å². The number of non-ortho nitro benzene ring substituents is 1. The molecule has 3 aromatic carbocycles. The number of nitro groups is 1. The van der Waals surface area contributed by atoms with Gasteiger partial charge in [-0.2, -0.15) is 0 Å². The third-order valence-electron chi connectivity index (χ3n) is 3.43. The number of hydrogen-bond acceptors (Lipinski definition) is 4. The lowest BCUT2D eigenvalue weighted by atomic mass is 10.3. The third-order valence-corrected chi connectivity index (χ3v) is 3.63. The molecule has 0 saturated heterocycles. The van der Waals surface area contributed by atoms with Gasteiger partial charge in [-0.3, -0.25) is 10.1 Å². The summed E-state index contributed by atoms with van der Waals surface area (Å²) in [5.41, 5.74) is 1.74. The Labute approximate surface area is 155 Å². The predicted octanol–water partition coefficient (Wildman–Crippen LogP) is 5.20. The Morgan fingerprint density at radius 1 is 0.808 bits per heavy atom. The van der Waals surface area contributed by atoms with Gasteiger partial charge in [0, 0.05) is 23.5 Å². The number of nitrogens with one attached hydrogen (secondary N) is 2. The molecule has 0 fully saturated rings. The number of rotatable bonds is 5. The molecular formula is C19H15N3O3S. The summed E-state index contributed by atoms with van der Waals surface area (Å²) in [6.07, 6.45) is 0. The SMILES string of the molecule is O=[N+]([O-])c1ccc(Oc2ccc(NC(=S)Nc3ccccc3)cc2)cc1. The van der Waals surface area contributed by atoms with Crippen molar-refractivity contribution in [2.24, 2.45) is 0 Å². The van der Waals surface area contributed by atoms with Gasteiger partial charge in [0.2, 0.25) is 0 Å². The highest BCUT2D eigenvalue weighted by Crippen LogP contribution is 2.25. The van der Waals surface area contributed by atoms with Crippen molar-refractivity contribution < 1.29 is 9.66 Å². The van der Waals surface area contributed by atoms with Crippen LogP contribution in [-0.4, -0.2) is 10.0 Å². The Bertz CT molecular complexity index is 898. The second kappa shape index (κ2) is 8.09. The smallest absolute Gasteiger partial charge is 0.269 e. The van der Waals surface area contributed by atoms with Crippen LogP contribution in [0.4, 0.5) is 17.1 Å². The van der Waals surface area contributed by atoms with Crippen molar-refractivity contribution in [3.8, 4) is 11.5 Å². The maximum Gasteiger partial charge on any atom is 0.269 e. The van der Waals surface area contributed by atoms with E-state index in [-0.39, 0.29) is 5.69 Å². The lowest BCUT2D eigenvalue weighted by Gasteiger charge is -2.11. The maximum atomic E-state index is 10.7. The fourth-order valence-electron chi connectivity index (χ4n) is 2.19. The molecule has 26 heavy (non-hydrogen) atoms. The van der Waals surface area contributed by atoms with Gasteiger partial charge in [0.05, 0.1) is 4.92 Å². The minimum atomic E-state index is -0.448. The first-order valence-corrected chi connectivity index (χ1v) is 8.16. The standard InChI is InChI=1S/C19H15N3O3S/c23-22(24)16-8-12-18(13-9-16)25-17-10-6-15(7-11-17)21-19(26)20-14-4-2-1-3-5-14/h1-13H,(H2,20,21,26).